The van der Waals surface area contributed by atoms with Crippen molar-refractivity contribution in [2.24, 2.45) is 23.7 Å². The number of phosphoric ester groups is 2. The van der Waals surface area contributed by atoms with Crippen molar-refractivity contribution in [3.05, 3.63) is 0 Å². The summed E-state index contributed by atoms with van der Waals surface area (Å²) < 4.78 is 68.7. The first-order chi connectivity index (χ1) is 47.1. The predicted molar refractivity (Wildman–Crippen MR) is 400 cm³/mol. The maximum absolute atomic E-state index is 13.1. The first kappa shape index (κ1) is 96.1. The minimum atomic E-state index is -4.96. The van der Waals surface area contributed by atoms with Gasteiger partial charge in [0.2, 0.25) is 0 Å². The third-order valence-corrected chi connectivity index (χ3v) is 20.6. The van der Waals surface area contributed by atoms with Gasteiger partial charge in [0.1, 0.15) is 19.3 Å². The Hall–Kier alpha value is -1.94. The summed E-state index contributed by atoms with van der Waals surface area (Å²) in [5.74, 6) is 1.01. The highest BCUT2D eigenvalue weighted by atomic mass is 31.2. The van der Waals surface area contributed by atoms with Crippen molar-refractivity contribution >= 4 is 39.5 Å². The summed E-state index contributed by atoms with van der Waals surface area (Å²) in [7, 11) is -9.92. The number of esters is 4. The van der Waals surface area contributed by atoms with Crippen LogP contribution in [-0.2, 0) is 65.4 Å². The monoisotopic (exact) mass is 1440 g/mol. The molecular formula is C79H154O17P2. The van der Waals surface area contributed by atoms with Crippen molar-refractivity contribution in [3.63, 3.8) is 0 Å². The molecule has 0 aliphatic heterocycles. The SMILES string of the molecule is CCC(C)CCCCCCCCCCCCC(=O)O[C@H](COC(=O)CCCCCCCCCCCCC(C)C)COP(=O)(O)OC[C@H](O)COP(=O)(O)OC[C@@H](COC(=O)CCCCCCCCCCCCCC(C)C)OC(=O)CCCCCCCCCCCCCCCCC(C)C. The maximum atomic E-state index is 13.1. The average Bonchev–Trinajstić information content (AvgIpc) is 1.04. The van der Waals surface area contributed by atoms with E-state index in [2.05, 4.69) is 55.4 Å². The molecule has 0 bridgehead atoms. The van der Waals surface area contributed by atoms with Gasteiger partial charge < -0.3 is 33.8 Å². The first-order valence-corrected chi connectivity index (χ1v) is 43.7. The summed E-state index contributed by atoms with van der Waals surface area (Å²) >= 11 is 0. The number of carbonyl (C=O) groups is 4. The van der Waals surface area contributed by atoms with Crippen LogP contribution in [0.3, 0.4) is 0 Å². The number of aliphatic hydroxyl groups is 1. The molecule has 3 N–H and O–H groups in total. The summed E-state index contributed by atoms with van der Waals surface area (Å²) in [4.78, 5) is 73.0. The van der Waals surface area contributed by atoms with Crippen molar-refractivity contribution in [1.29, 1.82) is 0 Å². The minimum absolute atomic E-state index is 0.106. The fourth-order valence-electron chi connectivity index (χ4n) is 12.0. The number of hydrogen-bond donors (Lipinski definition) is 3. The molecule has 0 saturated heterocycles. The highest BCUT2D eigenvalue weighted by Crippen LogP contribution is 2.45. The lowest BCUT2D eigenvalue weighted by atomic mass is 9.99. The molecule has 6 atom stereocenters. The Morgan fingerprint density at radius 3 is 0.724 bits per heavy atom. The van der Waals surface area contributed by atoms with Crippen LogP contribution in [0.15, 0.2) is 0 Å². The van der Waals surface area contributed by atoms with E-state index in [1.54, 1.807) is 0 Å². The minimum Gasteiger partial charge on any atom is -0.462 e. The quantitative estimate of drug-likeness (QED) is 0.0222. The Morgan fingerprint density at radius 2 is 0.490 bits per heavy atom. The molecule has 0 saturated carbocycles. The van der Waals surface area contributed by atoms with Crippen molar-refractivity contribution in [2.45, 2.75) is 420 Å². The molecule has 0 fully saturated rings. The van der Waals surface area contributed by atoms with E-state index < -0.39 is 97.5 Å². The van der Waals surface area contributed by atoms with Crippen LogP contribution in [0.25, 0.3) is 0 Å². The number of hydrogen-bond acceptors (Lipinski definition) is 15. The maximum Gasteiger partial charge on any atom is 0.472 e. The van der Waals surface area contributed by atoms with Gasteiger partial charge in [0, 0.05) is 25.7 Å². The average molecular weight is 1440 g/mol. The van der Waals surface area contributed by atoms with Crippen LogP contribution >= 0.6 is 15.6 Å². The second kappa shape index (κ2) is 68.2. The molecule has 0 aliphatic carbocycles. The predicted octanol–water partition coefficient (Wildman–Crippen LogP) is 23.2. The second-order valence-corrected chi connectivity index (χ2v) is 33.0. The van der Waals surface area contributed by atoms with E-state index in [0.717, 1.165) is 114 Å². The van der Waals surface area contributed by atoms with Crippen LogP contribution in [0.1, 0.15) is 402 Å². The molecule has 3 unspecified atom stereocenters. The van der Waals surface area contributed by atoms with Gasteiger partial charge in [-0.2, -0.15) is 0 Å². The molecule has 0 aromatic carbocycles. The first-order valence-electron chi connectivity index (χ1n) is 40.7. The van der Waals surface area contributed by atoms with Crippen molar-refractivity contribution in [3.8, 4) is 0 Å². The zero-order valence-corrected chi connectivity index (χ0v) is 66.2. The van der Waals surface area contributed by atoms with Gasteiger partial charge in [-0.3, -0.25) is 37.3 Å². The number of carbonyl (C=O) groups excluding carboxylic acids is 4. The van der Waals surface area contributed by atoms with Gasteiger partial charge in [-0.15, -0.1) is 0 Å². The number of ether oxygens (including phenoxy) is 4. The second-order valence-electron chi connectivity index (χ2n) is 30.1. The van der Waals surface area contributed by atoms with Crippen LogP contribution in [-0.4, -0.2) is 96.7 Å². The third-order valence-electron chi connectivity index (χ3n) is 18.7. The fourth-order valence-corrected chi connectivity index (χ4v) is 13.6. The summed E-state index contributed by atoms with van der Waals surface area (Å²) in [5, 5.41) is 10.6. The van der Waals surface area contributed by atoms with Gasteiger partial charge >= 0.3 is 39.5 Å². The Labute approximate surface area is 600 Å². The van der Waals surface area contributed by atoms with Crippen LogP contribution in [0.2, 0.25) is 0 Å². The molecule has 0 radical (unpaired) electrons. The largest absolute Gasteiger partial charge is 0.472 e. The van der Waals surface area contributed by atoms with Crippen LogP contribution in [0.4, 0.5) is 0 Å². The summed E-state index contributed by atoms with van der Waals surface area (Å²) in [6.07, 6.45) is 53.9. The van der Waals surface area contributed by atoms with Gasteiger partial charge in [0.15, 0.2) is 12.2 Å². The summed E-state index contributed by atoms with van der Waals surface area (Å²) in [6, 6.07) is 0. The van der Waals surface area contributed by atoms with E-state index >= 15 is 0 Å². The Bertz CT molecular complexity index is 1920. The summed E-state index contributed by atoms with van der Waals surface area (Å²) in [6.45, 7) is 14.3. The molecule has 0 rings (SSSR count). The molecule has 17 nitrogen and oxygen atoms in total. The lowest BCUT2D eigenvalue weighted by molar-refractivity contribution is -0.161. The Kier molecular flexibility index (Phi) is 66.8. The molecule has 0 spiro atoms. The topological polar surface area (TPSA) is 237 Å². The zero-order chi connectivity index (χ0) is 72.4. The molecule has 582 valence electrons. The molecule has 98 heavy (non-hydrogen) atoms. The highest BCUT2D eigenvalue weighted by Gasteiger charge is 2.30. The highest BCUT2D eigenvalue weighted by molar-refractivity contribution is 7.47. The van der Waals surface area contributed by atoms with Gasteiger partial charge in [0.05, 0.1) is 26.4 Å². The van der Waals surface area contributed by atoms with Gasteiger partial charge in [-0.05, 0) is 49.4 Å². The van der Waals surface area contributed by atoms with Crippen LogP contribution in [0.5, 0.6) is 0 Å². The number of phosphoric acid groups is 2. The van der Waals surface area contributed by atoms with Crippen molar-refractivity contribution < 1.29 is 80.2 Å². The van der Waals surface area contributed by atoms with E-state index in [1.165, 1.54) is 205 Å². The standard InChI is InChI=1S/C79H154O17P2/c1-9-72(8)58-50-42-34-26-20-22-30-38-46-54-62-79(84)96-75(66-90-77(82)60-52-44-36-28-21-19-25-33-41-49-57-71(6)7)68-94-98(87,88)92-64-73(80)63-91-97(85,86)93-67-74(65-89-76(81)59-51-43-35-27-18-14-16-24-32-40-48-56-70(4)5)95-78(83)61-53-45-37-29-17-13-11-10-12-15-23-31-39-47-55-69(2)3/h69-75,80H,9-68H2,1-8H3,(H,85,86)(H,87,88)/t72?,73-,74-,75-/m1/s1. The number of rotatable bonds is 76. The van der Waals surface area contributed by atoms with Crippen LogP contribution < -0.4 is 0 Å². The smallest absolute Gasteiger partial charge is 0.462 e. The molecule has 0 amide bonds. The summed E-state index contributed by atoms with van der Waals surface area (Å²) in [5.41, 5.74) is 0. The van der Waals surface area contributed by atoms with Crippen molar-refractivity contribution in [1.82, 2.24) is 0 Å². The van der Waals surface area contributed by atoms with Gasteiger partial charge in [-0.25, -0.2) is 9.13 Å². The van der Waals surface area contributed by atoms with Gasteiger partial charge in [-0.1, -0.05) is 351 Å². The molecule has 0 aromatic heterocycles. The lowest BCUT2D eigenvalue weighted by Gasteiger charge is -2.21. The zero-order valence-electron chi connectivity index (χ0n) is 64.4. The van der Waals surface area contributed by atoms with Gasteiger partial charge in [0.25, 0.3) is 0 Å². The Balaban J connectivity index is 5.28. The number of unbranched alkanes of at least 4 members (excludes halogenated alkanes) is 41. The van der Waals surface area contributed by atoms with E-state index in [1.807, 2.05) is 0 Å². The van der Waals surface area contributed by atoms with Crippen molar-refractivity contribution in [2.75, 3.05) is 39.6 Å². The molecule has 0 aromatic rings. The van der Waals surface area contributed by atoms with E-state index in [0.29, 0.717) is 25.7 Å². The van der Waals surface area contributed by atoms with E-state index in [-0.39, 0.29) is 25.7 Å². The fraction of sp³-hybridized carbons (Fsp3) is 0.949. The third kappa shape index (κ3) is 71.1. The molecular weight excluding hydrogens is 1280 g/mol. The Morgan fingerprint density at radius 1 is 0.286 bits per heavy atom. The lowest BCUT2D eigenvalue weighted by Crippen LogP contribution is -2.30. The number of aliphatic hydroxyl groups excluding tert-OH is 1. The normalized spacial score (nSPS) is 14.3. The van der Waals surface area contributed by atoms with E-state index in [4.69, 9.17) is 37.0 Å². The molecule has 0 heterocycles. The van der Waals surface area contributed by atoms with Crippen LogP contribution in [0, 0.1) is 23.7 Å². The molecule has 19 heteroatoms. The van der Waals surface area contributed by atoms with E-state index in [9.17, 15) is 43.2 Å². The molecule has 0 aliphatic rings.